The largest absolute Gasteiger partial charge is 0.416 e. The lowest BCUT2D eigenvalue weighted by Crippen LogP contribution is -2.39. The van der Waals surface area contributed by atoms with Gasteiger partial charge in [-0.15, -0.1) is 0 Å². The molecular formula is C15H18F3NO3. The fourth-order valence-electron chi connectivity index (χ4n) is 2.37. The van der Waals surface area contributed by atoms with Crippen LogP contribution < -0.4 is 5.32 Å². The van der Waals surface area contributed by atoms with Gasteiger partial charge in [0.2, 0.25) is 5.91 Å². The minimum atomic E-state index is -4.47. The zero-order valence-corrected chi connectivity index (χ0v) is 12.1. The molecule has 122 valence electrons. The van der Waals surface area contributed by atoms with Gasteiger partial charge in [0.15, 0.2) is 0 Å². The Kier molecular flexibility index (Phi) is 5.08. The molecule has 3 atom stereocenters. The molecule has 1 aliphatic rings. The summed E-state index contributed by atoms with van der Waals surface area (Å²) >= 11 is 0. The Balaban J connectivity index is 1.95. The summed E-state index contributed by atoms with van der Waals surface area (Å²) in [7, 11) is 0. The normalized spacial score (nSPS) is 23.3. The predicted molar refractivity (Wildman–Crippen MR) is 72.9 cm³/mol. The van der Waals surface area contributed by atoms with E-state index in [2.05, 4.69) is 5.32 Å². The molecule has 2 N–H and O–H groups in total. The molecule has 0 aromatic heterocycles. The molecule has 0 bridgehead atoms. The SMILES string of the molecule is CC1CCOC1C(=O)NCC(O)c1cccc(C(F)(F)F)c1. The van der Waals surface area contributed by atoms with Crippen LogP contribution in [0.2, 0.25) is 0 Å². The summed E-state index contributed by atoms with van der Waals surface area (Å²) in [5.41, 5.74) is -0.723. The third kappa shape index (κ3) is 3.98. The van der Waals surface area contributed by atoms with Crippen molar-refractivity contribution in [2.24, 2.45) is 5.92 Å². The fourth-order valence-corrected chi connectivity index (χ4v) is 2.37. The monoisotopic (exact) mass is 317 g/mol. The summed E-state index contributed by atoms with van der Waals surface area (Å²) in [6.07, 6.45) is -5.45. The Bertz CT molecular complexity index is 533. The van der Waals surface area contributed by atoms with Crippen LogP contribution in [0, 0.1) is 5.92 Å². The highest BCUT2D eigenvalue weighted by Crippen LogP contribution is 2.30. The van der Waals surface area contributed by atoms with Crippen molar-refractivity contribution >= 4 is 5.91 Å². The molecule has 0 saturated carbocycles. The molecular weight excluding hydrogens is 299 g/mol. The lowest BCUT2D eigenvalue weighted by molar-refractivity contribution is -0.137. The second-order valence-electron chi connectivity index (χ2n) is 5.44. The first kappa shape index (κ1) is 16.8. The van der Waals surface area contributed by atoms with Gasteiger partial charge >= 0.3 is 6.18 Å². The third-order valence-corrected chi connectivity index (χ3v) is 3.71. The van der Waals surface area contributed by atoms with E-state index in [0.29, 0.717) is 6.61 Å². The number of carbonyl (C=O) groups is 1. The third-order valence-electron chi connectivity index (χ3n) is 3.71. The minimum absolute atomic E-state index is 0.0886. The van der Waals surface area contributed by atoms with Gasteiger partial charge in [-0.1, -0.05) is 19.1 Å². The van der Waals surface area contributed by atoms with Gasteiger partial charge < -0.3 is 15.2 Å². The maximum atomic E-state index is 12.6. The summed E-state index contributed by atoms with van der Waals surface area (Å²) in [4.78, 5) is 11.9. The maximum absolute atomic E-state index is 12.6. The van der Waals surface area contributed by atoms with Crippen molar-refractivity contribution in [1.29, 1.82) is 0 Å². The Morgan fingerprint density at radius 3 is 2.82 bits per heavy atom. The summed E-state index contributed by atoms with van der Waals surface area (Å²) in [5, 5.41) is 12.5. The smallest absolute Gasteiger partial charge is 0.387 e. The summed E-state index contributed by atoms with van der Waals surface area (Å²) < 4.78 is 43.2. The number of aliphatic hydroxyl groups excluding tert-OH is 1. The van der Waals surface area contributed by atoms with E-state index in [0.717, 1.165) is 18.6 Å². The topological polar surface area (TPSA) is 58.6 Å². The molecule has 1 saturated heterocycles. The molecule has 1 aromatic rings. The number of rotatable bonds is 4. The van der Waals surface area contributed by atoms with Gasteiger partial charge in [0, 0.05) is 13.2 Å². The highest BCUT2D eigenvalue weighted by molar-refractivity contribution is 5.81. The standard InChI is InChI=1S/C15H18F3NO3/c1-9-5-6-22-13(9)14(21)19-8-12(20)10-3-2-4-11(7-10)15(16,17)18/h2-4,7,9,12-13,20H,5-6,8H2,1H3,(H,19,21). The number of hydrogen-bond acceptors (Lipinski definition) is 3. The molecule has 2 rings (SSSR count). The first-order valence-electron chi connectivity index (χ1n) is 7.03. The average molecular weight is 317 g/mol. The molecule has 7 heteroatoms. The number of ether oxygens (including phenoxy) is 1. The van der Waals surface area contributed by atoms with Crippen molar-refractivity contribution in [3.05, 3.63) is 35.4 Å². The van der Waals surface area contributed by atoms with E-state index in [1.807, 2.05) is 6.92 Å². The molecule has 22 heavy (non-hydrogen) atoms. The highest BCUT2D eigenvalue weighted by atomic mass is 19.4. The van der Waals surface area contributed by atoms with E-state index in [4.69, 9.17) is 4.74 Å². The van der Waals surface area contributed by atoms with Crippen molar-refractivity contribution < 1.29 is 27.8 Å². The number of amides is 1. The number of carbonyl (C=O) groups excluding carboxylic acids is 1. The van der Waals surface area contributed by atoms with Gasteiger partial charge in [0.1, 0.15) is 6.10 Å². The minimum Gasteiger partial charge on any atom is -0.387 e. The highest BCUT2D eigenvalue weighted by Gasteiger charge is 2.32. The predicted octanol–water partition coefficient (Wildman–Crippen LogP) is 2.28. The Morgan fingerprint density at radius 2 is 2.23 bits per heavy atom. The van der Waals surface area contributed by atoms with E-state index in [1.54, 1.807) is 0 Å². The number of halogens is 3. The first-order chi connectivity index (χ1) is 10.3. The number of alkyl halides is 3. The van der Waals surface area contributed by atoms with E-state index < -0.39 is 23.9 Å². The van der Waals surface area contributed by atoms with Crippen LogP contribution in [0.4, 0.5) is 13.2 Å². The van der Waals surface area contributed by atoms with Gasteiger partial charge in [0.25, 0.3) is 0 Å². The second-order valence-corrected chi connectivity index (χ2v) is 5.44. The van der Waals surface area contributed by atoms with Crippen LogP contribution in [0.25, 0.3) is 0 Å². The molecule has 1 aliphatic heterocycles. The lowest BCUT2D eigenvalue weighted by atomic mass is 10.0. The average Bonchev–Trinajstić information content (AvgIpc) is 2.90. The quantitative estimate of drug-likeness (QED) is 0.896. The number of nitrogens with one attached hydrogen (secondary N) is 1. The van der Waals surface area contributed by atoms with Gasteiger partial charge in [-0.25, -0.2) is 0 Å². The fraction of sp³-hybridized carbons (Fsp3) is 0.533. The zero-order chi connectivity index (χ0) is 16.3. The molecule has 4 nitrogen and oxygen atoms in total. The Labute approximate surface area is 126 Å². The lowest BCUT2D eigenvalue weighted by Gasteiger charge is -2.17. The molecule has 0 aliphatic carbocycles. The summed E-state index contributed by atoms with van der Waals surface area (Å²) in [6.45, 7) is 2.24. The molecule has 1 heterocycles. The van der Waals surface area contributed by atoms with Crippen LogP contribution in [0.15, 0.2) is 24.3 Å². The summed E-state index contributed by atoms with van der Waals surface area (Å²) in [6, 6.07) is 4.43. The van der Waals surface area contributed by atoms with Crippen molar-refractivity contribution in [2.45, 2.75) is 31.7 Å². The van der Waals surface area contributed by atoms with Crippen molar-refractivity contribution in [3.63, 3.8) is 0 Å². The Hall–Kier alpha value is -1.60. The van der Waals surface area contributed by atoms with Crippen LogP contribution in [0.5, 0.6) is 0 Å². The zero-order valence-electron chi connectivity index (χ0n) is 12.1. The second kappa shape index (κ2) is 6.66. The Morgan fingerprint density at radius 1 is 1.50 bits per heavy atom. The van der Waals surface area contributed by atoms with Gasteiger partial charge in [-0.05, 0) is 30.0 Å². The van der Waals surface area contributed by atoms with Crippen LogP contribution in [-0.4, -0.2) is 30.3 Å². The molecule has 1 fully saturated rings. The van der Waals surface area contributed by atoms with Crippen molar-refractivity contribution in [3.8, 4) is 0 Å². The van der Waals surface area contributed by atoms with Gasteiger partial charge in [-0.3, -0.25) is 4.79 Å². The summed E-state index contributed by atoms with van der Waals surface area (Å²) in [5.74, 6) is -0.262. The van der Waals surface area contributed by atoms with E-state index in [-0.39, 0.29) is 23.9 Å². The maximum Gasteiger partial charge on any atom is 0.416 e. The van der Waals surface area contributed by atoms with Gasteiger partial charge in [0.05, 0.1) is 11.7 Å². The molecule has 0 spiro atoms. The molecule has 3 unspecified atom stereocenters. The van der Waals surface area contributed by atoms with E-state index in [1.165, 1.54) is 12.1 Å². The number of aliphatic hydroxyl groups is 1. The number of benzene rings is 1. The first-order valence-corrected chi connectivity index (χ1v) is 7.03. The van der Waals surface area contributed by atoms with Crippen LogP contribution >= 0.6 is 0 Å². The number of hydrogen-bond donors (Lipinski definition) is 2. The van der Waals surface area contributed by atoms with Crippen LogP contribution in [0.3, 0.4) is 0 Å². The van der Waals surface area contributed by atoms with Crippen molar-refractivity contribution in [1.82, 2.24) is 5.32 Å². The van der Waals surface area contributed by atoms with Gasteiger partial charge in [-0.2, -0.15) is 13.2 Å². The van der Waals surface area contributed by atoms with Crippen molar-refractivity contribution in [2.75, 3.05) is 13.2 Å². The molecule has 1 aromatic carbocycles. The molecule has 0 radical (unpaired) electrons. The van der Waals surface area contributed by atoms with E-state index >= 15 is 0 Å². The van der Waals surface area contributed by atoms with Crippen LogP contribution in [0.1, 0.15) is 30.6 Å². The molecule has 1 amide bonds. The van der Waals surface area contributed by atoms with E-state index in [9.17, 15) is 23.1 Å². The van der Waals surface area contributed by atoms with Crippen LogP contribution in [-0.2, 0) is 15.7 Å².